The van der Waals surface area contributed by atoms with Gasteiger partial charge in [0.25, 0.3) is 0 Å². The number of hydrazine groups is 1. The smallest absolute Gasteiger partial charge is 0.248 e. The Morgan fingerprint density at radius 1 is 0.844 bits per heavy atom. The van der Waals surface area contributed by atoms with Crippen molar-refractivity contribution in [2.45, 2.75) is 0 Å². The average molecular weight is 423 g/mol. The SMILES string of the molecule is NC(=O)c1ccc(C2=CN(c3ccc(Oc4ccccc4)cc3)C3=C(N)NNC3=C2)cc1. The number of para-hydroxylation sites is 1. The Bertz CT molecular complexity index is 1260. The van der Waals surface area contributed by atoms with E-state index in [0.717, 1.165) is 39.7 Å². The fourth-order valence-corrected chi connectivity index (χ4v) is 3.65. The third-order valence-corrected chi connectivity index (χ3v) is 5.25. The molecule has 0 saturated heterocycles. The van der Waals surface area contributed by atoms with Gasteiger partial charge in [-0.1, -0.05) is 30.3 Å². The lowest BCUT2D eigenvalue weighted by molar-refractivity contribution is 0.100. The molecule has 158 valence electrons. The lowest BCUT2D eigenvalue weighted by Crippen LogP contribution is -2.26. The minimum Gasteiger partial charge on any atom is -0.457 e. The van der Waals surface area contributed by atoms with Crippen molar-refractivity contribution in [2.24, 2.45) is 11.5 Å². The van der Waals surface area contributed by atoms with Crippen molar-refractivity contribution in [1.82, 2.24) is 10.9 Å². The molecule has 0 atom stereocenters. The zero-order valence-corrected chi connectivity index (χ0v) is 17.1. The first kappa shape index (κ1) is 19.3. The molecule has 0 spiro atoms. The van der Waals surface area contributed by atoms with Gasteiger partial charge in [0.1, 0.15) is 23.0 Å². The monoisotopic (exact) mass is 423 g/mol. The van der Waals surface area contributed by atoms with Gasteiger partial charge in [0.2, 0.25) is 5.91 Å². The summed E-state index contributed by atoms with van der Waals surface area (Å²) in [5, 5.41) is 0. The fraction of sp³-hybridized carbons (Fsp3) is 0. The Kier molecular flexibility index (Phi) is 4.76. The van der Waals surface area contributed by atoms with E-state index in [1.807, 2.05) is 83.9 Å². The Morgan fingerprint density at radius 2 is 1.53 bits per heavy atom. The van der Waals surface area contributed by atoms with Gasteiger partial charge in [0.05, 0.1) is 5.70 Å². The number of hydrogen-bond acceptors (Lipinski definition) is 6. The predicted octanol–water partition coefficient (Wildman–Crippen LogP) is 3.56. The van der Waals surface area contributed by atoms with Crippen LogP contribution in [0.15, 0.2) is 108 Å². The van der Waals surface area contributed by atoms with E-state index in [2.05, 4.69) is 10.9 Å². The van der Waals surface area contributed by atoms with Crippen LogP contribution in [0.2, 0.25) is 0 Å². The molecule has 0 aliphatic carbocycles. The molecule has 3 aromatic carbocycles. The molecular weight excluding hydrogens is 402 g/mol. The number of anilines is 1. The minimum atomic E-state index is -0.452. The molecule has 0 aromatic heterocycles. The second-order valence-electron chi connectivity index (χ2n) is 7.38. The number of fused-ring (bicyclic) bond motifs is 1. The molecule has 2 heterocycles. The summed E-state index contributed by atoms with van der Waals surface area (Å²) in [4.78, 5) is 13.4. The summed E-state index contributed by atoms with van der Waals surface area (Å²) in [6.45, 7) is 0. The lowest BCUT2D eigenvalue weighted by atomic mass is 10.00. The van der Waals surface area contributed by atoms with Crippen LogP contribution in [0.25, 0.3) is 5.57 Å². The Balaban J connectivity index is 1.47. The normalized spacial score (nSPS) is 14.7. The third-order valence-electron chi connectivity index (χ3n) is 5.25. The second kappa shape index (κ2) is 7.88. The van der Waals surface area contributed by atoms with Gasteiger partial charge in [-0.25, -0.2) is 0 Å². The predicted molar refractivity (Wildman–Crippen MR) is 124 cm³/mol. The summed E-state index contributed by atoms with van der Waals surface area (Å²) in [6.07, 6.45) is 4.01. The van der Waals surface area contributed by atoms with E-state index in [9.17, 15) is 4.79 Å². The van der Waals surface area contributed by atoms with Crippen molar-refractivity contribution < 1.29 is 9.53 Å². The number of benzene rings is 3. The summed E-state index contributed by atoms with van der Waals surface area (Å²) >= 11 is 0. The molecule has 6 N–H and O–H groups in total. The van der Waals surface area contributed by atoms with Gasteiger partial charge in [-0.05, 0) is 60.2 Å². The molecule has 0 bridgehead atoms. The molecule has 3 aromatic rings. The van der Waals surface area contributed by atoms with E-state index >= 15 is 0 Å². The van der Waals surface area contributed by atoms with Crippen molar-refractivity contribution in [3.8, 4) is 11.5 Å². The van der Waals surface area contributed by atoms with Gasteiger partial charge in [0.15, 0.2) is 0 Å². The maximum atomic E-state index is 11.4. The van der Waals surface area contributed by atoms with Gasteiger partial charge in [-0.3, -0.25) is 15.6 Å². The summed E-state index contributed by atoms with van der Waals surface area (Å²) in [7, 11) is 0. The summed E-state index contributed by atoms with van der Waals surface area (Å²) in [5.41, 5.74) is 22.6. The van der Waals surface area contributed by atoms with Crippen LogP contribution in [-0.2, 0) is 0 Å². The van der Waals surface area contributed by atoms with E-state index in [4.69, 9.17) is 16.2 Å². The Labute approximate surface area is 185 Å². The zero-order chi connectivity index (χ0) is 22.1. The highest BCUT2D eigenvalue weighted by molar-refractivity contribution is 5.93. The molecule has 5 rings (SSSR count). The van der Waals surface area contributed by atoms with Gasteiger partial charge in [-0.2, -0.15) is 0 Å². The number of nitrogens with two attached hydrogens (primary N) is 2. The van der Waals surface area contributed by atoms with E-state index in [-0.39, 0.29) is 0 Å². The van der Waals surface area contributed by atoms with E-state index in [1.54, 1.807) is 12.1 Å². The number of ether oxygens (including phenoxy) is 1. The largest absolute Gasteiger partial charge is 0.457 e. The van der Waals surface area contributed by atoms with E-state index < -0.39 is 5.91 Å². The van der Waals surface area contributed by atoms with Crippen LogP contribution in [0.4, 0.5) is 5.69 Å². The highest BCUT2D eigenvalue weighted by atomic mass is 16.5. The molecule has 0 radical (unpaired) electrons. The average Bonchev–Trinajstić information content (AvgIpc) is 3.20. The van der Waals surface area contributed by atoms with Gasteiger partial charge in [-0.15, -0.1) is 0 Å². The molecule has 0 saturated carbocycles. The molecule has 7 heteroatoms. The van der Waals surface area contributed by atoms with Gasteiger partial charge >= 0.3 is 0 Å². The highest BCUT2D eigenvalue weighted by Gasteiger charge is 2.27. The fourth-order valence-electron chi connectivity index (χ4n) is 3.65. The van der Waals surface area contributed by atoms with Crippen molar-refractivity contribution in [3.63, 3.8) is 0 Å². The first-order valence-electron chi connectivity index (χ1n) is 10.1. The number of carbonyl (C=O) groups is 1. The molecule has 32 heavy (non-hydrogen) atoms. The van der Waals surface area contributed by atoms with Crippen LogP contribution in [0, 0.1) is 0 Å². The molecule has 2 aliphatic heterocycles. The van der Waals surface area contributed by atoms with Crippen LogP contribution < -0.4 is 32.0 Å². The van der Waals surface area contributed by atoms with Gasteiger partial charge in [0, 0.05) is 23.0 Å². The van der Waals surface area contributed by atoms with E-state index in [1.165, 1.54) is 0 Å². The van der Waals surface area contributed by atoms with Crippen LogP contribution >= 0.6 is 0 Å². The number of allylic oxidation sites excluding steroid dienone is 2. The first-order chi connectivity index (χ1) is 15.6. The maximum Gasteiger partial charge on any atom is 0.248 e. The van der Waals surface area contributed by atoms with Crippen molar-refractivity contribution in [3.05, 3.63) is 119 Å². The summed E-state index contributed by atoms with van der Waals surface area (Å²) < 4.78 is 5.90. The lowest BCUT2D eigenvalue weighted by Gasteiger charge is -2.27. The van der Waals surface area contributed by atoms with Crippen molar-refractivity contribution >= 4 is 17.2 Å². The van der Waals surface area contributed by atoms with Crippen LogP contribution in [0.1, 0.15) is 15.9 Å². The Morgan fingerprint density at radius 3 is 2.22 bits per heavy atom. The van der Waals surface area contributed by atoms with Crippen LogP contribution in [0.5, 0.6) is 11.5 Å². The third kappa shape index (κ3) is 3.63. The van der Waals surface area contributed by atoms with Crippen molar-refractivity contribution in [2.75, 3.05) is 4.90 Å². The number of carbonyl (C=O) groups excluding carboxylic acids is 1. The first-order valence-corrected chi connectivity index (χ1v) is 10.1. The number of hydrogen-bond donors (Lipinski definition) is 4. The molecule has 7 nitrogen and oxygen atoms in total. The zero-order valence-electron chi connectivity index (χ0n) is 17.1. The number of amides is 1. The van der Waals surface area contributed by atoms with Crippen LogP contribution in [0.3, 0.4) is 0 Å². The molecular formula is C25H21N5O2. The standard InChI is InChI=1S/C25H21N5O2/c26-24-23-22(28-29-24)14-18(16-6-8-17(9-7-16)25(27)31)15-30(23)19-10-12-21(13-11-19)32-20-4-2-1-3-5-20/h1-15,28-29H,26H2,(H2,27,31). The number of nitrogens with zero attached hydrogens (tertiary/aromatic N) is 1. The molecule has 2 aliphatic rings. The molecule has 1 amide bonds. The molecule has 0 unspecified atom stereocenters. The minimum absolute atomic E-state index is 0.452. The quantitative estimate of drug-likeness (QED) is 0.500. The Hall–Kier alpha value is -4.65. The maximum absolute atomic E-state index is 11.4. The summed E-state index contributed by atoms with van der Waals surface area (Å²) in [5.74, 6) is 1.59. The van der Waals surface area contributed by atoms with Gasteiger partial charge < -0.3 is 21.1 Å². The van der Waals surface area contributed by atoms with Crippen LogP contribution in [-0.4, -0.2) is 5.91 Å². The van der Waals surface area contributed by atoms with Crippen molar-refractivity contribution in [1.29, 1.82) is 0 Å². The van der Waals surface area contributed by atoms with E-state index in [0.29, 0.717) is 11.4 Å². The summed E-state index contributed by atoms with van der Waals surface area (Å²) in [6, 6.07) is 24.6. The topological polar surface area (TPSA) is 106 Å². The second-order valence-corrected chi connectivity index (χ2v) is 7.38. The number of primary amides is 1. The highest BCUT2D eigenvalue weighted by Crippen LogP contribution is 2.35. The number of rotatable bonds is 5. The number of nitrogens with one attached hydrogen (secondary N) is 2. The molecule has 0 fully saturated rings.